The number of aliphatic hydroxyl groups excluding tert-OH is 2. The molecule has 0 heterocycles. The monoisotopic (exact) mass is 611 g/mol. The highest BCUT2D eigenvalue weighted by Gasteiger charge is 2.50. The highest BCUT2D eigenvalue weighted by molar-refractivity contribution is 7.81. The summed E-state index contributed by atoms with van der Waals surface area (Å²) in [4.78, 5) is 0. The van der Waals surface area contributed by atoms with Gasteiger partial charge in [0.2, 0.25) is 0 Å². The Labute approximate surface area is 258 Å². The molecule has 2 rings (SSSR count). The van der Waals surface area contributed by atoms with Crippen LogP contribution in [-0.4, -0.2) is 26.1 Å². The van der Waals surface area contributed by atoms with Gasteiger partial charge in [0.25, 0.3) is 0 Å². The van der Waals surface area contributed by atoms with E-state index in [-0.39, 0.29) is 17.9 Å². The Morgan fingerprint density at radius 2 is 1.32 bits per heavy atom. The maximum Gasteiger partial charge on any atom is 0.115 e. The Balaban J connectivity index is 0.00000167. The molecule has 0 amide bonds. The first-order valence-corrected chi connectivity index (χ1v) is 14.7. The van der Waals surface area contributed by atoms with Gasteiger partial charge in [-0.3, -0.25) is 0 Å². The molecule has 0 aromatic heterocycles. The minimum Gasteiger partial charge on any atom is -0.512 e. The Morgan fingerprint density at radius 1 is 0.900 bits per heavy atom. The molecule has 0 saturated heterocycles. The van der Waals surface area contributed by atoms with Crippen molar-refractivity contribution in [1.82, 2.24) is 0 Å². The molecule has 7 heteroatoms. The molecule has 0 aliphatic rings. The molecule has 0 saturated carbocycles. The van der Waals surface area contributed by atoms with E-state index in [0.717, 1.165) is 5.56 Å². The van der Waals surface area contributed by atoms with E-state index in [0.29, 0.717) is 32.2 Å². The maximum absolute atomic E-state index is 12.1. The SMILES string of the molecule is C=C(O)c1ccc(C(O)(CC(C)(c2cc(Cl)cc(Cl)c2)C(C)(C)N)C(S)C(=C)O)cc1C.CC(C)(C)C.CCC. The molecule has 2 aromatic rings. The van der Waals surface area contributed by atoms with Gasteiger partial charge in [-0.15, -0.1) is 0 Å². The maximum atomic E-state index is 12.1. The minimum absolute atomic E-state index is 0.0623. The first-order valence-electron chi connectivity index (χ1n) is 13.5. The third-order valence-electron chi connectivity index (χ3n) is 6.35. The fraction of sp³-hybridized carbons (Fsp3) is 0.515. The minimum atomic E-state index is -1.69. The van der Waals surface area contributed by atoms with Crippen molar-refractivity contribution in [3.63, 3.8) is 0 Å². The van der Waals surface area contributed by atoms with E-state index in [4.69, 9.17) is 28.9 Å². The molecule has 0 spiro atoms. The summed E-state index contributed by atoms with van der Waals surface area (Å²) in [6.45, 7) is 27.6. The van der Waals surface area contributed by atoms with E-state index in [1.807, 2.05) is 20.8 Å². The number of thiol groups is 1. The summed E-state index contributed by atoms with van der Waals surface area (Å²) in [5, 5.41) is 32.0. The van der Waals surface area contributed by atoms with Gasteiger partial charge in [-0.05, 0) is 67.5 Å². The molecule has 0 radical (unpaired) electrons. The van der Waals surface area contributed by atoms with Crippen molar-refractivity contribution < 1.29 is 15.3 Å². The van der Waals surface area contributed by atoms with Crippen molar-refractivity contribution in [3.8, 4) is 0 Å². The van der Waals surface area contributed by atoms with Gasteiger partial charge in [-0.2, -0.15) is 12.6 Å². The standard InChI is InChI=1S/C25H31Cl2NO3S.C5H12.C3H8/c1-14-9-17(7-8-21(14)15(2)29)25(31,22(32)16(3)30)13-24(6,23(4,5)28)18-10-19(26)12-20(27)11-18;1-5(2,3)4;1-3-2/h7-12,22,29-32H,2-3,13,28H2,1,4-6H3;1-4H3;3H2,1-2H3. The molecule has 3 unspecified atom stereocenters. The summed E-state index contributed by atoms with van der Waals surface area (Å²) < 4.78 is 0. The molecule has 0 fully saturated rings. The number of benzene rings is 2. The lowest BCUT2D eigenvalue weighted by Crippen LogP contribution is -2.57. The Hall–Kier alpha value is -1.63. The van der Waals surface area contributed by atoms with Crippen LogP contribution in [0.25, 0.3) is 5.76 Å². The number of aryl methyl sites for hydroxylation is 1. The van der Waals surface area contributed by atoms with Crippen molar-refractivity contribution in [2.45, 2.75) is 104 Å². The lowest BCUT2D eigenvalue weighted by Gasteiger charge is -2.48. The van der Waals surface area contributed by atoms with Crippen LogP contribution in [-0.2, 0) is 11.0 Å². The second-order valence-corrected chi connectivity index (χ2v) is 14.3. The summed E-state index contributed by atoms with van der Waals surface area (Å²) >= 11 is 17.1. The second-order valence-electron chi connectivity index (χ2n) is 12.9. The largest absolute Gasteiger partial charge is 0.512 e. The lowest BCUT2D eigenvalue weighted by atomic mass is 9.61. The van der Waals surface area contributed by atoms with Gasteiger partial charge in [0.05, 0.1) is 5.25 Å². The zero-order chi connectivity index (χ0) is 31.9. The second kappa shape index (κ2) is 15.0. The smallest absolute Gasteiger partial charge is 0.115 e. The number of rotatable bonds is 8. The van der Waals surface area contributed by atoms with Gasteiger partial charge in [0, 0.05) is 26.6 Å². The van der Waals surface area contributed by atoms with E-state index < -0.39 is 21.8 Å². The molecule has 4 nitrogen and oxygen atoms in total. The van der Waals surface area contributed by atoms with Crippen molar-refractivity contribution in [2.24, 2.45) is 11.1 Å². The van der Waals surface area contributed by atoms with Crippen LogP contribution in [0.2, 0.25) is 10.0 Å². The molecule has 3 atom stereocenters. The zero-order valence-corrected chi connectivity index (χ0v) is 28.4. The predicted octanol–water partition coefficient (Wildman–Crippen LogP) is 9.94. The van der Waals surface area contributed by atoms with Crippen molar-refractivity contribution >= 4 is 41.6 Å². The van der Waals surface area contributed by atoms with Crippen LogP contribution in [0.3, 0.4) is 0 Å². The molecule has 5 N–H and O–H groups in total. The molecule has 40 heavy (non-hydrogen) atoms. The molecule has 226 valence electrons. The van der Waals surface area contributed by atoms with Crippen LogP contribution in [0.15, 0.2) is 55.3 Å². The van der Waals surface area contributed by atoms with Crippen LogP contribution in [0.5, 0.6) is 0 Å². The molecule has 0 aliphatic carbocycles. The fourth-order valence-corrected chi connectivity index (χ4v) is 4.77. The van der Waals surface area contributed by atoms with Gasteiger partial charge in [-0.25, -0.2) is 0 Å². The number of nitrogens with two attached hydrogens (primary N) is 1. The van der Waals surface area contributed by atoms with Gasteiger partial charge in [0.15, 0.2) is 0 Å². The van der Waals surface area contributed by atoms with Crippen molar-refractivity contribution in [3.05, 3.63) is 87.6 Å². The van der Waals surface area contributed by atoms with E-state index in [1.54, 1.807) is 43.3 Å². The number of halogens is 2. The van der Waals surface area contributed by atoms with Gasteiger partial charge in [-0.1, -0.05) is 109 Å². The van der Waals surface area contributed by atoms with Crippen LogP contribution >= 0.6 is 35.8 Å². The molecular weight excluding hydrogens is 561 g/mol. The Morgan fingerprint density at radius 3 is 1.65 bits per heavy atom. The summed E-state index contributed by atoms with van der Waals surface area (Å²) in [6, 6.07) is 10.2. The molecule has 0 bridgehead atoms. The van der Waals surface area contributed by atoms with Crippen LogP contribution in [0, 0.1) is 12.3 Å². The highest BCUT2D eigenvalue weighted by Crippen LogP contribution is 2.48. The zero-order valence-electron chi connectivity index (χ0n) is 26.0. The molecule has 0 aliphatic heterocycles. The quantitative estimate of drug-likeness (QED) is 0.152. The summed E-state index contributed by atoms with van der Waals surface area (Å²) in [7, 11) is 0. The van der Waals surface area contributed by atoms with Crippen LogP contribution in [0.1, 0.15) is 97.4 Å². The Bertz CT molecular complexity index is 1130. The van der Waals surface area contributed by atoms with E-state index >= 15 is 0 Å². The summed E-state index contributed by atoms with van der Waals surface area (Å²) in [5.41, 5.74) is 6.25. The predicted molar refractivity (Wildman–Crippen MR) is 179 cm³/mol. The Kier molecular flexibility index (Phi) is 14.4. The lowest BCUT2D eigenvalue weighted by molar-refractivity contribution is -0.00785. The molecular formula is C33H51Cl2NO3S. The normalized spacial score (nSPS) is 15.3. The van der Waals surface area contributed by atoms with Crippen LogP contribution in [0.4, 0.5) is 0 Å². The molecule has 2 aromatic carbocycles. The van der Waals surface area contributed by atoms with Gasteiger partial charge < -0.3 is 21.1 Å². The number of hydrogen-bond acceptors (Lipinski definition) is 5. The third-order valence-corrected chi connectivity index (χ3v) is 7.51. The first-order chi connectivity index (χ1) is 17.9. The van der Waals surface area contributed by atoms with Gasteiger partial charge >= 0.3 is 0 Å². The fourth-order valence-electron chi connectivity index (χ4n) is 4.00. The average Bonchev–Trinajstić information content (AvgIpc) is 2.76. The highest BCUT2D eigenvalue weighted by atomic mass is 35.5. The first kappa shape index (κ1) is 38.4. The third kappa shape index (κ3) is 11.0. The van der Waals surface area contributed by atoms with E-state index in [9.17, 15) is 15.3 Å². The topological polar surface area (TPSA) is 86.7 Å². The number of hydrogen-bond donors (Lipinski definition) is 5. The van der Waals surface area contributed by atoms with E-state index in [1.165, 1.54) is 6.42 Å². The summed E-state index contributed by atoms with van der Waals surface area (Å²) in [6.07, 6.45) is 1.31. The van der Waals surface area contributed by atoms with Gasteiger partial charge in [0.1, 0.15) is 17.1 Å². The number of aliphatic hydroxyl groups is 3. The van der Waals surface area contributed by atoms with E-state index in [2.05, 4.69) is 67.3 Å². The van der Waals surface area contributed by atoms with Crippen molar-refractivity contribution in [1.29, 1.82) is 0 Å². The summed E-state index contributed by atoms with van der Waals surface area (Å²) in [5.74, 6) is -0.362. The van der Waals surface area contributed by atoms with Crippen molar-refractivity contribution in [2.75, 3.05) is 0 Å². The average molecular weight is 613 g/mol. The van der Waals surface area contributed by atoms with Crippen LogP contribution < -0.4 is 5.73 Å².